The first-order chi connectivity index (χ1) is 15.6. The molecule has 0 unspecified atom stereocenters. The van der Waals surface area contributed by atoms with Crippen LogP contribution in [0.4, 0.5) is 20.6 Å². The zero-order valence-corrected chi connectivity index (χ0v) is 17.7. The van der Waals surface area contributed by atoms with Gasteiger partial charge in [-0.05, 0) is 48.4 Å². The molecular weight excluding hydrogens is 409 g/mol. The number of benzene rings is 3. The van der Waals surface area contributed by atoms with Gasteiger partial charge in [0.15, 0.2) is 0 Å². The maximum Gasteiger partial charge on any atom is 0.326 e. The monoisotopic (exact) mass is 435 g/mol. The number of hydrogen-bond acceptors (Lipinski definition) is 3. The molecule has 3 aromatic carbocycles. The summed E-state index contributed by atoms with van der Waals surface area (Å²) in [5.41, 5.74) is 2.23. The summed E-state index contributed by atoms with van der Waals surface area (Å²) in [6.45, 7) is 1.05. The Morgan fingerprint density at radius 3 is 2.22 bits per heavy atom. The van der Waals surface area contributed by atoms with Crippen LogP contribution in [0.1, 0.15) is 12.0 Å². The van der Waals surface area contributed by atoms with E-state index in [0.29, 0.717) is 37.5 Å². The van der Waals surface area contributed by atoms with Gasteiger partial charge in [0.25, 0.3) is 0 Å². The summed E-state index contributed by atoms with van der Waals surface area (Å²) >= 11 is 0. The Labute approximate surface area is 187 Å². The number of nitrogens with one attached hydrogen (secondary N) is 2. The molecule has 0 bridgehead atoms. The first-order valence-corrected chi connectivity index (χ1v) is 10.4. The molecule has 3 rings (SSSR count). The van der Waals surface area contributed by atoms with Crippen LogP contribution in [-0.4, -0.2) is 31.6 Å². The van der Waals surface area contributed by atoms with Gasteiger partial charge in [-0.2, -0.15) is 0 Å². The molecule has 0 aromatic heterocycles. The Morgan fingerprint density at radius 1 is 0.875 bits per heavy atom. The summed E-state index contributed by atoms with van der Waals surface area (Å²) in [5, 5.41) is 5.63. The van der Waals surface area contributed by atoms with Crippen LogP contribution >= 0.6 is 0 Å². The Bertz CT molecular complexity index is 982. The number of amides is 3. The highest BCUT2D eigenvalue weighted by molar-refractivity contribution is 6.01. The molecule has 166 valence electrons. The van der Waals surface area contributed by atoms with Crippen LogP contribution in [0.3, 0.4) is 0 Å². The maximum absolute atomic E-state index is 13.3. The molecule has 0 radical (unpaired) electrons. The van der Waals surface area contributed by atoms with E-state index in [1.165, 1.54) is 17.0 Å². The summed E-state index contributed by atoms with van der Waals surface area (Å²) in [5.74, 6) is -0.595. The van der Waals surface area contributed by atoms with Gasteiger partial charge >= 0.3 is 6.03 Å². The van der Waals surface area contributed by atoms with E-state index < -0.39 is 0 Å². The summed E-state index contributed by atoms with van der Waals surface area (Å²) in [6.07, 6.45) is 0.518. The van der Waals surface area contributed by atoms with E-state index in [4.69, 9.17) is 4.74 Å². The van der Waals surface area contributed by atoms with Gasteiger partial charge in [0.05, 0.1) is 6.61 Å². The van der Waals surface area contributed by atoms with E-state index in [2.05, 4.69) is 10.6 Å². The molecule has 7 heteroatoms. The number of para-hydroxylation sites is 1. The molecule has 0 aliphatic rings. The minimum Gasteiger partial charge on any atom is -0.367 e. The molecule has 32 heavy (non-hydrogen) atoms. The minimum absolute atomic E-state index is 0.0366. The number of nitrogens with zero attached hydrogens (tertiary/aromatic N) is 1. The Balaban J connectivity index is 1.47. The minimum atomic E-state index is -0.375. The molecule has 0 atom stereocenters. The molecule has 0 aliphatic carbocycles. The molecule has 6 nitrogen and oxygen atoms in total. The molecule has 0 saturated carbocycles. The van der Waals surface area contributed by atoms with E-state index in [1.54, 1.807) is 24.3 Å². The van der Waals surface area contributed by atoms with Gasteiger partial charge in [0.2, 0.25) is 5.91 Å². The Kier molecular flexibility index (Phi) is 8.77. The predicted octanol–water partition coefficient (Wildman–Crippen LogP) is 4.59. The van der Waals surface area contributed by atoms with Gasteiger partial charge in [-0.15, -0.1) is 0 Å². The lowest BCUT2D eigenvalue weighted by Gasteiger charge is -2.23. The maximum atomic E-state index is 13.3. The third-order valence-electron chi connectivity index (χ3n) is 4.63. The predicted molar refractivity (Wildman–Crippen MR) is 123 cm³/mol. The van der Waals surface area contributed by atoms with Gasteiger partial charge in [0, 0.05) is 24.5 Å². The molecular formula is C25H26FN3O3. The Morgan fingerprint density at radius 2 is 1.53 bits per heavy atom. The molecule has 0 saturated heterocycles. The first-order valence-electron chi connectivity index (χ1n) is 10.4. The molecule has 3 aromatic rings. The van der Waals surface area contributed by atoms with Crippen molar-refractivity contribution in [3.63, 3.8) is 0 Å². The molecule has 0 heterocycles. The second-order valence-electron chi connectivity index (χ2n) is 7.11. The van der Waals surface area contributed by atoms with E-state index >= 15 is 0 Å². The zero-order valence-electron chi connectivity index (χ0n) is 17.7. The highest BCUT2D eigenvalue weighted by Gasteiger charge is 2.16. The van der Waals surface area contributed by atoms with Gasteiger partial charge in [0.1, 0.15) is 12.4 Å². The number of hydrogen-bond donors (Lipinski definition) is 2. The van der Waals surface area contributed by atoms with Crippen LogP contribution in [0.2, 0.25) is 0 Å². The highest BCUT2D eigenvalue weighted by Crippen LogP contribution is 2.17. The lowest BCUT2D eigenvalue weighted by Crippen LogP contribution is -2.37. The number of anilines is 2. The molecule has 0 spiro atoms. The number of halogens is 1. The summed E-state index contributed by atoms with van der Waals surface area (Å²) in [6, 6.07) is 24.1. The van der Waals surface area contributed by atoms with E-state index in [-0.39, 0.29) is 24.4 Å². The normalized spacial score (nSPS) is 10.4. The van der Waals surface area contributed by atoms with Crippen molar-refractivity contribution in [2.45, 2.75) is 13.0 Å². The van der Waals surface area contributed by atoms with Gasteiger partial charge in [-0.25, -0.2) is 9.18 Å². The zero-order chi connectivity index (χ0) is 22.6. The SMILES string of the molecule is O=C(COCc1ccccc1)NCCCN(C(=O)Nc1ccccc1)c1ccc(F)cc1. The number of ether oxygens (including phenoxy) is 1. The molecule has 2 N–H and O–H groups in total. The summed E-state index contributed by atoms with van der Waals surface area (Å²) in [4.78, 5) is 26.3. The fourth-order valence-corrected chi connectivity index (χ4v) is 3.03. The Hall–Kier alpha value is -3.71. The van der Waals surface area contributed by atoms with Crippen molar-refractivity contribution in [2.24, 2.45) is 0 Å². The third-order valence-corrected chi connectivity index (χ3v) is 4.63. The number of carbonyl (C=O) groups excluding carboxylic acids is 2. The third kappa shape index (κ3) is 7.52. The van der Waals surface area contributed by atoms with E-state index in [1.807, 2.05) is 48.5 Å². The van der Waals surface area contributed by atoms with Crippen molar-refractivity contribution in [1.82, 2.24) is 5.32 Å². The van der Waals surface area contributed by atoms with E-state index in [0.717, 1.165) is 5.56 Å². The summed E-state index contributed by atoms with van der Waals surface area (Å²) in [7, 11) is 0. The molecule has 3 amide bonds. The second-order valence-corrected chi connectivity index (χ2v) is 7.11. The van der Waals surface area contributed by atoms with Crippen LogP contribution in [-0.2, 0) is 16.1 Å². The van der Waals surface area contributed by atoms with Crippen LogP contribution in [0, 0.1) is 5.82 Å². The van der Waals surface area contributed by atoms with Crippen molar-refractivity contribution in [3.8, 4) is 0 Å². The number of urea groups is 1. The lowest BCUT2D eigenvalue weighted by atomic mass is 10.2. The standard InChI is InChI=1S/C25H26FN3O3/c26-21-12-14-23(15-13-21)29(25(31)28-22-10-5-2-6-11-22)17-7-16-27-24(30)19-32-18-20-8-3-1-4-9-20/h1-6,8-15H,7,16-19H2,(H,27,30)(H,28,31). The fraction of sp³-hybridized carbons (Fsp3) is 0.200. The lowest BCUT2D eigenvalue weighted by molar-refractivity contribution is -0.126. The van der Waals surface area contributed by atoms with Gasteiger partial charge in [-0.1, -0.05) is 48.5 Å². The van der Waals surface area contributed by atoms with E-state index in [9.17, 15) is 14.0 Å². The fourth-order valence-electron chi connectivity index (χ4n) is 3.03. The molecule has 0 fully saturated rings. The highest BCUT2D eigenvalue weighted by atomic mass is 19.1. The topological polar surface area (TPSA) is 70.7 Å². The quantitative estimate of drug-likeness (QED) is 0.458. The average Bonchev–Trinajstić information content (AvgIpc) is 2.81. The first kappa shape index (κ1) is 23.0. The smallest absolute Gasteiger partial charge is 0.326 e. The molecule has 0 aliphatic heterocycles. The van der Waals surface area contributed by atoms with Gasteiger partial charge < -0.3 is 15.4 Å². The van der Waals surface area contributed by atoms with Crippen molar-refractivity contribution < 1.29 is 18.7 Å². The summed E-state index contributed by atoms with van der Waals surface area (Å²) < 4.78 is 18.7. The van der Waals surface area contributed by atoms with Crippen LogP contribution in [0.25, 0.3) is 0 Å². The van der Waals surface area contributed by atoms with Crippen molar-refractivity contribution >= 4 is 23.3 Å². The van der Waals surface area contributed by atoms with Crippen molar-refractivity contribution in [1.29, 1.82) is 0 Å². The van der Waals surface area contributed by atoms with Gasteiger partial charge in [-0.3, -0.25) is 9.69 Å². The largest absolute Gasteiger partial charge is 0.367 e. The van der Waals surface area contributed by atoms with Crippen molar-refractivity contribution in [2.75, 3.05) is 29.9 Å². The van der Waals surface area contributed by atoms with Crippen LogP contribution in [0.15, 0.2) is 84.9 Å². The number of rotatable bonds is 10. The van der Waals surface area contributed by atoms with Crippen molar-refractivity contribution in [3.05, 3.63) is 96.3 Å². The second kappa shape index (κ2) is 12.2. The van der Waals surface area contributed by atoms with Crippen LogP contribution in [0.5, 0.6) is 0 Å². The van der Waals surface area contributed by atoms with Crippen LogP contribution < -0.4 is 15.5 Å². The number of carbonyl (C=O) groups is 2. The average molecular weight is 435 g/mol.